The third-order valence-corrected chi connectivity index (χ3v) is 6.84. The molecule has 0 aromatic heterocycles. The summed E-state index contributed by atoms with van der Waals surface area (Å²) in [5.41, 5.74) is 5.40. The Balaban J connectivity index is 1.35. The molecule has 4 rings (SSSR count). The van der Waals surface area contributed by atoms with Gasteiger partial charge in [-0.15, -0.1) is 0 Å². The fourth-order valence-corrected chi connectivity index (χ4v) is 4.90. The van der Waals surface area contributed by atoms with Crippen molar-refractivity contribution in [3.05, 3.63) is 105 Å². The number of carbonyl (C=O) groups excluding carboxylic acids is 2. The number of amides is 1. The van der Waals surface area contributed by atoms with Gasteiger partial charge in [0.2, 0.25) is 0 Å². The van der Waals surface area contributed by atoms with Gasteiger partial charge in [0, 0.05) is 11.3 Å². The average Bonchev–Trinajstić information content (AvgIpc) is 2.95. The lowest BCUT2D eigenvalue weighted by Gasteiger charge is -2.30. The molecule has 1 heterocycles. The highest BCUT2D eigenvalue weighted by atomic mass is 79.9. The number of rotatable bonds is 11. The van der Waals surface area contributed by atoms with Crippen molar-refractivity contribution in [2.75, 3.05) is 13.2 Å². The van der Waals surface area contributed by atoms with Crippen LogP contribution in [0.1, 0.15) is 36.6 Å². The molecular weight excluding hydrogens is 627 g/mol. The zero-order valence-corrected chi connectivity index (χ0v) is 25.2. The lowest BCUT2D eigenvalue weighted by atomic mass is 9.95. The Hall–Kier alpha value is -4.29. The third-order valence-electron chi connectivity index (χ3n) is 6.00. The van der Waals surface area contributed by atoms with Crippen LogP contribution in [0, 0.1) is 5.82 Å². The molecule has 3 aromatic carbocycles. The Morgan fingerprint density at radius 3 is 2.67 bits per heavy atom. The van der Waals surface area contributed by atoms with Crippen LogP contribution >= 0.6 is 28.1 Å². The van der Waals surface area contributed by atoms with Crippen LogP contribution in [-0.2, 0) is 20.9 Å². The number of ether oxygens (including phenoxy) is 3. The maximum Gasteiger partial charge on any atom is 0.338 e. The molecular formula is C30H28BrFN4O5S. The molecule has 1 amide bonds. The van der Waals surface area contributed by atoms with E-state index in [2.05, 4.69) is 37.1 Å². The van der Waals surface area contributed by atoms with Crippen molar-refractivity contribution in [2.45, 2.75) is 26.5 Å². The maximum atomic E-state index is 13.4. The average molecular weight is 656 g/mol. The highest BCUT2D eigenvalue weighted by molar-refractivity contribution is 9.10. The van der Waals surface area contributed by atoms with Crippen LogP contribution in [0.15, 0.2) is 87.6 Å². The number of allylic oxidation sites excluding steroid dienone is 1. The van der Waals surface area contributed by atoms with Crippen molar-refractivity contribution >= 4 is 51.4 Å². The number of halogens is 2. The summed E-state index contributed by atoms with van der Waals surface area (Å²) in [6.07, 6.45) is 1.48. The first-order valence-electron chi connectivity index (χ1n) is 12.9. The van der Waals surface area contributed by atoms with Crippen molar-refractivity contribution in [3.8, 4) is 11.5 Å². The quantitative estimate of drug-likeness (QED) is 0.114. The number of nitrogens with one attached hydrogen (secondary N) is 3. The van der Waals surface area contributed by atoms with Crippen molar-refractivity contribution in [3.63, 3.8) is 0 Å². The maximum absolute atomic E-state index is 13.4. The van der Waals surface area contributed by atoms with E-state index in [1.807, 2.05) is 0 Å². The molecule has 1 aliphatic rings. The van der Waals surface area contributed by atoms with Gasteiger partial charge in [-0.3, -0.25) is 4.79 Å². The van der Waals surface area contributed by atoms with E-state index in [9.17, 15) is 14.0 Å². The Labute approximate surface area is 256 Å². The predicted molar refractivity (Wildman–Crippen MR) is 163 cm³/mol. The smallest absolute Gasteiger partial charge is 0.338 e. The number of hydrazone groups is 1. The van der Waals surface area contributed by atoms with Gasteiger partial charge in [-0.25, -0.2) is 14.6 Å². The van der Waals surface area contributed by atoms with Gasteiger partial charge in [0.05, 0.1) is 28.9 Å². The molecule has 12 heteroatoms. The van der Waals surface area contributed by atoms with Crippen molar-refractivity contribution < 1.29 is 28.2 Å². The van der Waals surface area contributed by atoms with Gasteiger partial charge in [-0.2, -0.15) is 5.10 Å². The predicted octanol–water partition coefficient (Wildman–Crippen LogP) is 5.05. The number of hydrogen-bond donors (Lipinski definition) is 3. The summed E-state index contributed by atoms with van der Waals surface area (Å²) in [6.45, 7) is 3.58. The zero-order chi connectivity index (χ0) is 30.1. The molecule has 9 nitrogen and oxygen atoms in total. The van der Waals surface area contributed by atoms with Crippen LogP contribution in [0.3, 0.4) is 0 Å². The van der Waals surface area contributed by atoms with Crippen molar-refractivity contribution in [1.29, 1.82) is 0 Å². The van der Waals surface area contributed by atoms with Crippen molar-refractivity contribution in [2.24, 2.45) is 5.10 Å². The molecule has 0 aliphatic carbocycles. The summed E-state index contributed by atoms with van der Waals surface area (Å²) in [5, 5.41) is 10.4. The molecule has 0 fully saturated rings. The lowest BCUT2D eigenvalue weighted by Crippen LogP contribution is -2.45. The molecule has 1 atom stereocenters. The molecule has 0 spiro atoms. The van der Waals surface area contributed by atoms with E-state index < -0.39 is 17.9 Å². The van der Waals surface area contributed by atoms with Gasteiger partial charge >= 0.3 is 5.97 Å². The first-order valence-corrected chi connectivity index (χ1v) is 14.1. The Morgan fingerprint density at radius 2 is 1.90 bits per heavy atom. The van der Waals surface area contributed by atoms with Gasteiger partial charge in [-0.05, 0) is 89.5 Å². The van der Waals surface area contributed by atoms with Crippen molar-refractivity contribution in [1.82, 2.24) is 16.1 Å². The molecule has 218 valence electrons. The lowest BCUT2D eigenvalue weighted by molar-refractivity contribution is -0.139. The normalized spacial score (nSPS) is 14.7. The second-order valence-electron chi connectivity index (χ2n) is 9.02. The first kappa shape index (κ1) is 30.7. The molecule has 0 saturated carbocycles. The van der Waals surface area contributed by atoms with E-state index in [0.29, 0.717) is 49.0 Å². The van der Waals surface area contributed by atoms with Gasteiger partial charge in [-0.1, -0.05) is 30.3 Å². The Morgan fingerprint density at radius 1 is 1.10 bits per heavy atom. The van der Waals surface area contributed by atoms with E-state index in [4.69, 9.17) is 26.4 Å². The molecule has 3 N–H and O–H groups in total. The number of carbonyl (C=O) groups is 2. The highest BCUT2D eigenvalue weighted by Crippen LogP contribution is 2.33. The van der Waals surface area contributed by atoms with Gasteiger partial charge < -0.3 is 24.8 Å². The second-order valence-corrected chi connectivity index (χ2v) is 10.3. The molecule has 42 heavy (non-hydrogen) atoms. The Kier molecular flexibility index (Phi) is 10.6. The van der Waals surface area contributed by atoms with E-state index in [1.54, 1.807) is 68.4 Å². The fourth-order valence-electron chi connectivity index (χ4n) is 4.11. The first-order chi connectivity index (χ1) is 20.2. The SMILES string of the molecule is CCOC(=O)C1=C(C)NC(=S)N[C@H]1c1ccccc1OCC(=O)NN=Cc1ccc(OCc2cccc(F)c2)c(Br)c1. The van der Waals surface area contributed by atoms with Gasteiger partial charge in [0.1, 0.15) is 23.9 Å². The van der Waals surface area contributed by atoms with Gasteiger partial charge in [0.15, 0.2) is 11.7 Å². The number of hydrogen-bond acceptors (Lipinski definition) is 7. The fraction of sp³-hybridized carbons (Fsp3) is 0.200. The van der Waals surface area contributed by atoms with Crippen LogP contribution in [-0.4, -0.2) is 36.4 Å². The third kappa shape index (κ3) is 8.14. The molecule has 1 aliphatic heterocycles. The molecule has 0 bridgehead atoms. The van der Waals surface area contributed by atoms with E-state index in [-0.39, 0.29) is 25.6 Å². The van der Waals surface area contributed by atoms with Gasteiger partial charge in [0.25, 0.3) is 5.91 Å². The van der Waals surface area contributed by atoms with Crippen LogP contribution < -0.4 is 25.5 Å². The minimum absolute atomic E-state index is 0.212. The molecule has 0 radical (unpaired) electrons. The van der Waals surface area contributed by atoms with E-state index >= 15 is 0 Å². The number of nitrogens with zero attached hydrogens (tertiary/aromatic N) is 1. The summed E-state index contributed by atoms with van der Waals surface area (Å²) >= 11 is 8.76. The standard InChI is InChI=1S/C30H28BrFN4O5S/c1-3-39-29(38)27-18(2)34-30(42)35-28(27)22-9-4-5-10-24(22)41-17-26(37)36-33-15-19-11-12-25(23(31)14-19)40-16-20-7-6-8-21(32)13-20/h4-15,28H,3,16-17H2,1-2H3,(H,36,37)(H2,34,35,42)/t28-/m0/s1. The summed E-state index contributed by atoms with van der Waals surface area (Å²) in [4.78, 5) is 25.2. The van der Waals surface area contributed by atoms with Crippen LogP contribution in [0.4, 0.5) is 4.39 Å². The largest absolute Gasteiger partial charge is 0.488 e. The highest BCUT2D eigenvalue weighted by Gasteiger charge is 2.32. The summed E-state index contributed by atoms with van der Waals surface area (Å²) in [7, 11) is 0. The minimum atomic E-state index is -0.630. The monoisotopic (exact) mass is 654 g/mol. The molecule has 0 unspecified atom stereocenters. The summed E-state index contributed by atoms with van der Waals surface area (Å²) in [5.74, 6) is -0.320. The summed E-state index contributed by atoms with van der Waals surface area (Å²) in [6, 6.07) is 17.9. The van der Waals surface area contributed by atoms with E-state index in [1.165, 1.54) is 18.3 Å². The van der Waals surface area contributed by atoms with Crippen LogP contribution in [0.5, 0.6) is 11.5 Å². The van der Waals surface area contributed by atoms with Crippen LogP contribution in [0.25, 0.3) is 0 Å². The zero-order valence-electron chi connectivity index (χ0n) is 22.8. The second kappa shape index (κ2) is 14.6. The number of thiocarbonyl (C=S) groups is 1. The Bertz CT molecular complexity index is 1550. The molecule has 0 saturated heterocycles. The summed E-state index contributed by atoms with van der Waals surface area (Å²) < 4.78 is 30.9. The number of benzene rings is 3. The van der Waals surface area contributed by atoms with E-state index in [0.717, 1.165) is 0 Å². The number of para-hydroxylation sites is 1. The topological polar surface area (TPSA) is 110 Å². The number of esters is 1. The van der Waals surface area contributed by atoms with Crippen LogP contribution in [0.2, 0.25) is 0 Å². The minimum Gasteiger partial charge on any atom is -0.488 e. The molecule has 3 aromatic rings.